The van der Waals surface area contributed by atoms with Gasteiger partial charge in [-0.25, -0.2) is 4.98 Å². The molecule has 39 heavy (non-hydrogen) atoms. The summed E-state index contributed by atoms with van der Waals surface area (Å²) in [6.45, 7) is 3.76. The Balaban J connectivity index is 1.49. The average Bonchev–Trinajstić information content (AvgIpc) is 3.26. The summed E-state index contributed by atoms with van der Waals surface area (Å²) in [6, 6.07) is 15.7. The summed E-state index contributed by atoms with van der Waals surface area (Å²) >= 11 is 6.05. The summed E-state index contributed by atoms with van der Waals surface area (Å²) < 4.78 is 35.6. The number of benzene rings is 2. The molecule has 3 aromatic heterocycles. The lowest BCUT2D eigenvalue weighted by atomic mass is 10.1. The third-order valence-corrected chi connectivity index (χ3v) is 5.89. The van der Waals surface area contributed by atoms with Crippen LogP contribution in [0.4, 0.5) is 20.4 Å². The van der Waals surface area contributed by atoms with E-state index in [2.05, 4.69) is 20.3 Å². The first kappa shape index (κ1) is 26.3. The van der Waals surface area contributed by atoms with Gasteiger partial charge in [-0.1, -0.05) is 23.7 Å². The Bertz CT molecular complexity index is 1680. The number of nitrogens with one attached hydrogen (secondary N) is 1. The van der Waals surface area contributed by atoms with Gasteiger partial charge >= 0.3 is 5.56 Å². The number of imidazole rings is 1. The number of hydrogen-bond donors (Lipinski definition) is 2. The molecule has 0 bridgehead atoms. The lowest BCUT2D eigenvalue weighted by Crippen LogP contribution is -2.28. The highest BCUT2D eigenvalue weighted by Gasteiger charge is 2.21. The number of nitrogens with zero attached hydrogens (tertiary/aromatic N) is 5. The Kier molecular flexibility index (Phi) is 7.02. The third-order valence-electron chi connectivity index (χ3n) is 5.63. The Morgan fingerprint density at radius 2 is 1.67 bits per heavy atom. The van der Waals surface area contributed by atoms with Gasteiger partial charge in [0.2, 0.25) is 17.8 Å². The second-order valence-corrected chi connectivity index (χ2v) is 9.95. The minimum atomic E-state index is -1.07. The van der Waals surface area contributed by atoms with Crippen LogP contribution in [-0.2, 0) is 13.1 Å². The number of pyridine rings is 1. The topological polar surface area (TPSA) is 107 Å². The van der Waals surface area contributed by atoms with Crippen molar-refractivity contribution in [3.63, 3.8) is 0 Å². The number of hydrogen-bond acceptors (Lipinski definition) is 7. The number of aromatic nitrogens is 5. The van der Waals surface area contributed by atoms with Crippen molar-refractivity contribution in [1.29, 1.82) is 0 Å². The van der Waals surface area contributed by atoms with Crippen LogP contribution < -0.4 is 15.6 Å². The fourth-order valence-corrected chi connectivity index (χ4v) is 4.15. The van der Waals surface area contributed by atoms with Crippen molar-refractivity contribution in [2.45, 2.75) is 32.5 Å². The van der Waals surface area contributed by atoms with Crippen LogP contribution in [0.2, 0.25) is 5.02 Å². The van der Waals surface area contributed by atoms with Gasteiger partial charge in [0.25, 0.3) is 0 Å². The number of fused-ring (bicyclic) bond motifs is 1. The largest absolute Gasteiger partial charge is 0.457 e. The Morgan fingerprint density at radius 3 is 2.31 bits per heavy atom. The summed E-state index contributed by atoms with van der Waals surface area (Å²) in [7, 11) is 0. The molecular weight excluding hydrogens is 530 g/mol. The van der Waals surface area contributed by atoms with Crippen LogP contribution in [0.1, 0.15) is 19.4 Å². The summed E-state index contributed by atoms with van der Waals surface area (Å²) in [6.07, 6.45) is 1.50. The number of halogens is 3. The highest BCUT2D eigenvalue weighted by molar-refractivity contribution is 6.30. The summed E-state index contributed by atoms with van der Waals surface area (Å²) in [5, 5.41) is 14.0. The lowest BCUT2D eigenvalue weighted by molar-refractivity contribution is 0.0626. The third kappa shape index (κ3) is 6.21. The molecular formula is C27H23ClF2N6O3. The van der Waals surface area contributed by atoms with Crippen LogP contribution >= 0.6 is 11.6 Å². The van der Waals surface area contributed by atoms with Crippen LogP contribution in [0.5, 0.6) is 11.5 Å². The minimum Gasteiger partial charge on any atom is -0.457 e. The van der Waals surface area contributed by atoms with E-state index in [4.69, 9.17) is 16.3 Å². The summed E-state index contributed by atoms with van der Waals surface area (Å²) in [4.78, 5) is 24.9. The monoisotopic (exact) mass is 552 g/mol. The molecule has 0 saturated carbocycles. The normalized spacial score (nSPS) is 11.6. The van der Waals surface area contributed by atoms with E-state index in [1.807, 2.05) is 12.1 Å². The maximum atomic E-state index is 13.4. The van der Waals surface area contributed by atoms with Crippen LogP contribution in [-0.4, -0.2) is 34.8 Å². The van der Waals surface area contributed by atoms with Crippen LogP contribution in [0, 0.1) is 11.9 Å². The zero-order valence-electron chi connectivity index (χ0n) is 20.9. The minimum absolute atomic E-state index is 0.0359. The van der Waals surface area contributed by atoms with E-state index >= 15 is 0 Å². The number of rotatable bonds is 8. The van der Waals surface area contributed by atoms with Gasteiger partial charge in [-0.2, -0.15) is 18.7 Å². The molecule has 0 radical (unpaired) electrons. The van der Waals surface area contributed by atoms with Gasteiger partial charge < -0.3 is 19.7 Å². The van der Waals surface area contributed by atoms with Gasteiger partial charge in [-0.3, -0.25) is 9.36 Å². The van der Waals surface area contributed by atoms with E-state index in [0.29, 0.717) is 28.7 Å². The quantitative estimate of drug-likeness (QED) is 0.252. The molecule has 2 aromatic carbocycles. The van der Waals surface area contributed by atoms with Gasteiger partial charge in [0.15, 0.2) is 11.2 Å². The zero-order chi connectivity index (χ0) is 27.7. The number of anilines is 2. The molecule has 0 saturated heterocycles. The van der Waals surface area contributed by atoms with Crippen molar-refractivity contribution >= 4 is 34.4 Å². The molecule has 5 rings (SSSR count). The van der Waals surface area contributed by atoms with E-state index in [9.17, 15) is 18.7 Å². The predicted octanol–water partition coefficient (Wildman–Crippen LogP) is 5.27. The molecule has 0 atom stereocenters. The van der Waals surface area contributed by atoms with E-state index < -0.39 is 23.1 Å². The molecule has 0 aliphatic rings. The van der Waals surface area contributed by atoms with Gasteiger partial charge in [0, 0.05) is 22.8 Å². The molecule has 12 heteroatoms. The molecule has 0 amide bonds. The van der Waals surface area contributed by atoms with Crippen LogP contribution in [0.15, 0.2) is 71.8 Å². The van der Waals surface area contributed by atoms with Crippen molar-refractivity contribution < 1.29 is 18.6 Å². The molecule has 0 spiro atoms. The fourth-order valence-electron chi connectivity index (χ4n) is 4.03. The first-order chi connectivity index (χ1) is 18.5. The molecule has 0 unspecified atom stereocenters. The summed E-state index contributed by atoms with van der Waals surface area (Å²) in [5.41, 5.74) is 0.530. The Hall–Kier alpha value is -4.35. The van der Waals surface area contributed by atoms with Crippen molar-refractivity contribution in [1.82, 2.24) is 24.1 Å². The van der Waals surface area contributed by atoms with E-state index in [1.54, 1.807) is 59.4 Å². The lowest BCUT2D eigenvalue weighted by Gasteiger charge is -2.19. The maximum Gasteiger partial charge on any atom is 0.300 e. The number of ether oxygens (including phenoxy) is 1. The average molecular weight is 553 g/mol. The van der Waals surface area contributed by atoms with Crippen molar-refractivity contribution in [3.05, 3.63) is 99.8 Å². The van der Waals surface area contributed by atoms with Gasteiger partial charge in [0.05, 0.1) is 25.0 Å². The maximum absolute atomic E-state index is 13.4. The van der Waals surface area contributed by atoms with E-state index in [-0.39, 0.29) is 23.8 Å². The highest BCUT2D eigenvalue weighted by Crippen LogP contribution is 2.26. The van der Waals surface area contributed by atoms with Gasteiger partial charge in [-0.05, 0) is 55.8 Å². The molecule has 5 aromatic rings. The first-order valence-electron chi connectivity index (χ1n) is 11.8. The fraction of sp³-hybridized carbons (Fsp3) is 0.185. The molecule has 0 fully saturated rings. The van der Waals surface area contributed by atoms with Gasteiger partial charge in [-0.15, -0.1) is 0 Å². The van der Waals surface area contributed by atoms with Crippen LogP contribution in [0.25, 0.3) is 11.2 Å². The Morgan fingerprint density at radius 1 is 1.00 bits per heavy atom. The second kappa shape index (κ2) is 10.4. The Labute approximate surface area is 226 Å². The first-order valence-corrected chi connectivity index (χ1v) is 12.2. The predicted molar refractivity (Wildman–Crippen MR) is 143 cm³/mol. The van der Waals surface area contributed by atoms with Gasteiger partial charge in [0.1, 0.15) is 11.5 Å². The molecule has 0 aliphatic heterocycles. The molecule has 9 nitrogen and oxygen atoms in total. The van der Waals surface area contributed by atoms with Crippen molar-refractivity contribution in [3.8, 4) is 11.5 Å². The standard InChI is InChI=1S/C27H23ClF2N6O3/c1-27(2,38)14-35-15-31-24-23(35)25(37)34-26(36(24)13-16-3-5-17(28)6-4-16)32-18-7-9-19(10-8-18)39-20-11-21(29)33-22(30)12-20/h3-12,15,38H,13-14H2,1-2H3,(H,32,34,37). The molecule has 3 heterocycles. The molecule has 0 aliphatic carbocycles. The molecule has 2 N–H and O–H groups in total. The zero-order valence-corrected chi connectivity index (χ0v) is 21.7. The second-order valence-electron chi connectivity index (χ2n) is 9.51. The van der Waals surface area contributed by atoms with E-state index in [0.717, 1.165) is 17.7 Å². The van der Waals surface area contributed by atoms with Crippen molar-refractivity contribution in [2.75, 3.05) is 5.32 Å². The smallest absolute Gasteiger partial charge is 0.300 e. The van der Waals surface area contributed by atoms with Crippen molar-refractivity contribution in [2.24, 2.45) is 0 Å². The summed E-state index contributed by atoms with van der Waals surface area (Å²) in [5.74, 6) is -1.45. The number of aliphatic hydroxyl groups is 1. The van der Waals surface area contributed by atoms with E-state index in [1.165, 1.54) is 6.33 Å². The van der Waals surface area contributed by atoms with Crippen LogP contribution in [0.3, 0.4) is 0 Å². The SMILES string of the molecule is CC(C)(O)Cn1cnc2c1c(=O)nc(Nc1ccc(Oc3cc(F)nc(F)c3)cc1)n2Cc1ccc(Cl)cc1. The molecule has 200 valence electrons. The highest BCUT2D eigenvalue weighted by atomic mass is 35.5.